The predicted octanol–water partition coefficient (Wildman–Crippen LogP) is 1.49. The highest BCUT2D eigenvalue weighted by Crippen LogP contribution is 2.13. The lowest BCUT2D eigenvalue weighted by Crippen LogP contribution is -1.94. The Labute approximate surface area is 83.0 Å². The van der Waals surface area contributed by atoms with E-state index < -0.39 is 0 Å². The summed E-state index contributed by atoms with van der Waals surface area (Å²) in [5, 5.41) is 8.87. The highest BCUT2D eigenvalue weighted by atomic mass is 16.3. The number of aromatic nitrogens is 2. The van der Waals surface area contributed by atoms with Crippen LogP contribution in [-0.4, -0.2) is 21.1 Å². The number of aliphatic hydroxyl groups is 1. The van der Waals surface area contributed by atoms with E-state index in [1.54, 1.807) is 0 Å². The van der Waals surface area contributed by atoms with Gasteiger partial charge in [0.15, 0.2) is 0 Å². The third-order valence-electron chi connectivity index (χ3n) is 2.47. The molecule has 0 saturated carbocycles. The number of fused-ring (bicyclic) bond motifs is 1. The molecule has 0 aliphatic carbocycles. The van der Waals surface area contributed by atoms with Crippen molar-refractivity contribution in [1.82, 2.24) is 9.38 Å². The van der Waals surface area contributed by atoms with Gasteiger partial charge in [0.2, 0.25) is 0 Å². The van der Waals surface area contributed by atoms with Gasteiger partial charge in [0.05, 0.1) is 5.69 Å². The minimum atomic E-state index is 0.156. The Morgan fingerprint density at radius 3 is 2.93 bits per heavy atom. The maximum atomic E-state index is 8.87. The van der Waals surface area contributed by atoms with Crippen LogP contribution < -0.4 is 0 Å². The minimum absolute atomic E-state index is 0.156. The van der Waals surface area contributed by atoms with Gasteiger partial charge in [-0.05, 0) is 31.5 Å². The molecule has 0 aromatic carbocycles. The molecule has 2 rings (SSSR count). The Morgan fingerprint density at radius 1 is 1.43 bits per heavy atom. The molecule has 0 unspecified atom stereocenters. The molecule has 74 valence electrons. The monoisotopic (exact) mass is 190 g/mol. The van der Waals surface area contributed by atoms with E-state index in [2.05, 4.69) is 22.4 Å². The van der Waals surface area contributed by atoms with E-state index in [0.29, 0.717) is 6.42 Å². The first-order valence-corrected chi connectivity index (χ1v) is 4.77. The van der Waals surface area contributed by atoms with Crippen LogP contribution in [0.5, 0.6) is 0 Å². The summed E-state index contributed by atoms with van der Waals surface area (Å²) in [4.78, 5) is 4.47. The van der Waals surface area contributed by atoms with Crippen LogP contribution in [0.15, 0.2) is 18.3 Å². The van der Waals surface area contributed by atoms with Crippen molar-refractivity contribution in [3.8, 4) is 0 Å². The summed E-state index contributed by atoms with van der Waals surface area (Å²) in [6.45, 7) is 4.24. The van der Waals surface area contributed by atoms with E-state index in [1.807, 2.05) is 19.2 Å². The first kappa shape index (κ1) is 9.21. The van der Waals surface area contributed by atoms with Gasteiger partial charge in [0, 0.05) is 24.9 Å². The largest absolute Gasteiger partial charge is 0.396 e. The second-order valence-corrected chi connectivity index (χ2v) is 3.55. The van der Waals surface area contributed by atoms with Crippen LogP contribution in [0.4, 0.5) is 0 Å². The van der Waals surface area contributed by atoms with Gasteiger partial charge in [0.1, 0.15) is 5.65 Å². The summed E-state index contributed by atoms with van der Waals surface area (Å²) in [5.41, 5.74) is 4.27. The van der Waals surface area contributed by atoms with Crippen molar-refractivity contribution >= 4 is 5.65 Å². The Morgan fingerprint density at radius 2 is 2.21 bits per heavy atom. The van der Waals surface area contributed by atoms with Crippen molar-refractivity contribution in [3.05, 3.63) is 35.3 Å². The van der Waals surface area contributed by atoms with Crippen LogP contribution in [0, 0.1) is 13.8 Å². The van der Waals surface area contributed by atoms with E-state index in [4.69, 9.17) is 5.11 Å². The standard InChI is InChI=1S/C11H14N2O/c1-8-3-5-13-9(2)10(4-6-14)12-11(13)7-8/h3,5,7,14H,4,6H2,1-2H3. The average molecular weight is 190 g/mol. The molecule has 3 nitrogen and oxygen atoms in total. The average Bonchev–Trinajstić information content (AvgIpc) is 2.44. The summed E-state index contributed by atoms with van der Waals surface area (Å²) in [6, 6.07) is 4.11. The fraction of sp³-hybridized carbons (Fsp3) is 0.364. The highest BCUT2D eigenvalue weighted by molar-refractivity contribution is 5.45. The maximum Gasteiger partial charge on any atom is 0.137 e. The smallest absolute Gasteiger partial charge is 0.137 e. The van der Waals surface area contributed by atoms with E-state index in [1.165, 1.54) is 5.56 Å². The van der Waals surface area contributed by atoms with Crippen LogP contribution in [0.1, 0.15) is 17.0 Å². The SMILES string of the molecule is Cc1ccn2c(C)c(CCO)nc2c1. The molecule has 3 heteroatoms. The lowest BCUT2D eigenvalue weighted by molar-refractivity contribution is 0.298. The number of imidazole rings is 1. The van der Waals surface area contributed by atoms with Crippen molar-refractivity contribution < 1.29 is 5.11 Å². The molecule has 0 amide bonds. The summed E-state index contributed by atoms with van der Waals surface area (Å²) in [6.07, 6.45) is 2.65. The molecule has 0 fully saturated rings. The van der Waals surface area contributed by atoms with Gasteiger partial charge in [-0.25, -0.2) is 4.98 Å². The zero-order valence-corrected chi connectivity index (χ0v) is 8.49. The summed E-state index contributed by atoms with van der Waals surface area (Å²) < 4.78 is 2.05. The molecule has 0 spiro atoms. The summed E-state index contributed by atoms with van der Waals surface area (Å²) >= 11 is 0. The number of pyridine rings is 1. The number of aryl methyl sites for hydroxylation is 2. The van der Waals surface area contributed by atoms with E-state index in [0.717, 1.165) is 17.0 Å². The molecule has 0 radical (unpaired) electrons. The van der Waals surface area contributed by atoms with Crippen molar-refractivity contribution in [2.45, 2.75) is 20.3 Å². The number of aliphatic hydroxyl groups excluding tert-OH is 1. The summed E-state index contributed by atoms with van der Waals surface area (Å²) in [5.74, 6) is 0. The third kappa shape index (κ3) is 1.40. The molecule has 14 heavy (non-hydrogen) atoms. The predicted molar refractivity (Wildman–Crippen MR) is 55.5 cm³/mol. The molecular formula is C11H14N2O. The van der Waals surface area contributed by atoms with Crippen molar-refractivity contribution in [2.75, 3.05) is 6.61 Å². The fourth-order valence-corrected chi connectivity index (χ4v) is 1.66. The number of hydrogen-bond acceptors (Lipinski definition) is 2. The van der Waals surface area contributed by atoms with E-state index in [9.17, 15) is 0 Å². The molecule has 0 aliphatic heterocycles. The normalized spacial score (nSPS) is 11.1. The van der Waals surface area contributed by atoms with Gasteiger partial charge >= 0.3 is 0 Å². The van der Waals surface area contributed by atoms with Crippen LogP contribution >= 0.6 is 0 Å². The molecule has 0 saturated heterocycles. The summed E-state index contributed by atoms with van der Waals surface area (Å²) in [7, 11) is 0. The maximum absolute atomic E-state index is 8.87. The number of rotatable bonds is 2. The van der Waals surface area contributed by atoms with Gasteiger partial charge in [-0.2, -0.15) is 0 Å². The van der Waals surface area contributed by atoms with Crippen LogP contribution in [0.25, 0.3) is 5.65 Å². The van der Waals surface area contributed by atoms with Crippen LogP contribution in [0.2, 0.25) is 0 Å². The zero-order valence-electron chi connectivity index (χ0n) is 8.49. The molecule has 2 aromatic rings. The molecule has 2 heterocycles. The number of hydrogen-bond donors (Lipinski definition) is 1. The highest BCUT2D eigenvalue weighted by Gasteiger charge is 2.06. The third-order valence-corrected chi connectivity index (χ3v) is 2.47. The van der Waals surface area contributed by atoms with E-state index in [-0.39, 0.29) is 6.61 Å². The molecule has 1 N–H and O–H groups in total. The Balaban J connectivity index is 2.61. The van der Waals surface area contributed by atoms with Crippen molar-refractivity contribution in [2.24, 2.45) is 0 Å². The van der Waals surface area contributed by atoms with Crippen LogP contribution in [-0.2, 0) is 6.42 Å². The molecule has 0 atom stereocenters. The van der Waals surface area contributed by atoms with Gasteiger partial charge in [-0.3, -0.25) is 0 Å². The number of nitrogens with zero attached hydrogens (tertiary/aromatic N) is 2. The Hall–Kier alpha value is -1.35. The molecule has 2 aromatic heterocycles. The molecule has 0 bridgehead atoms. The van der Waals surface area contributed by atoms with Gasteiger partial charge in [-0.15, -0.1) is 0 Å². The lowest BCUT2D eigenvalue weighted by atomic mass is 10.3. The first-order valence-electron chi connectivity index (χ1n) is 4.77. The fourth-order valence-electron chi connectivity index (χ4n) is 1.66. The second kappa shape index (κ2) is 3.42. The van der Waals surface area contributed by atoms with Crippen molar-refractivity contribution in [3.63, 3.8) is 0 Å². The topological polar surface area (TPSA) is 37.5 Å². The van der Waals surface area contributed by atoms with Crippen LogP contribution in [0.3, 0.4) is 0 Å². The van der Waals surface area contributed by atoms with Gasteiger partial charge < -0.3 is 9.51 Å². The van der Waals surface area contributed by atoms with Crippen molar-refractivity contribution in [1.29, 1.82) is 0 Å². The second-order valence-electron chi connectivity index (χ2n) is 3.55. The molecular weight excluding hydrogens is 176 g/mol. The lowest BCUT2D eigenvalue weighted by Gasteiger charge is -1.97. The Bertz CT molecular complexity index is 460. The Kier molecular flexibility index (Phi) is 2.25. The quantitative estimate of drug-likeness (QED) is 0.779. The molecule has 0 aliphatic rings. The van der Waals surface area contributed by atoms with Gasteiger partial charge in [0.25, 0.3) is 0 Å². The van der Waals surface area contributed by atoms with E-state index >= 15 is 0 Å². The first-order chi connectivity index (χ1) is 6.72. The zero-order chi connectivity index (χ0) is 10.1. The van der Waals surface area contributed by atoms with Gasteiger partial charge in [-0.1, -0.05) is 0 Å². The minimum Gasteiger partial charge on any atom is -0.396 e.